The van der Waals surface area contributed by atoms with E-state index in [2.05, 4.69) is 24.1 Å². The van der Waals surface area contributed by atoms with E-state index in [0.29, 0.717) is 17.6 Å². The van der Waals surface area contributed by atoms with E-state index in [4.69, 9.17) is 14.5 Å². The van der Waals surface area contributed by atoms with Crippen molar-refractivity contribution in [2.45, 2.75) is 64.5 Å². The zero-order valence-electron chi connectivity index (χ0n) is 15.9. The van der Waals surface area contributed by atoms with Gasteiger partial charge in [0.2, 0.25) is 0 Å². The van der Waals surface area contributed by atoms with Gasteiger partial charge in [-0.3, -0.25) is 9.79 Å². The standard InChI is InChI=1S/C19H33N3O3/c1-4-20-18(22-11-7-14(8-12-22)17(23)24-3)21-15-13-16(25-5-2)19(15)9-6-10-19/h14-16H,4-13H2,1-3H3,(H,20,21). The van der Waals surface area contributed by atoms with E-state index >= 15 is 0 Å². The Kier molecular flexibility index (Phi) is 5.87. The molecule has 1 saturated heterocycles. The van der Waals surface area contributed by atoms with Crippen LogP contribution in [0.25, 0.3) is 0 Å². The van der Waals surface area contributed by atoms with Gasteiger partial charge in [-0.25, -0.2) is 0 Å². The normalized spacial score (nSPS) is 29.1. The molecule has 2 unspecified atom stereocenters. The van der Waals surface area contributed by atoms with Crippen LogP contribution in [0.5, 0.6) is 0 Å². The molecule has 0 aromatic carbocycles. The topological polar surface area (TPSA) is 63.2 Å². The molecular weight excluding hydrogens is 318 g/mol. The SMILES string of the molecule is CCN=C(NC1CC(OCC)C12CCC2)N1CCC(C(=O)OC)CC1. The highest BCUT2D eigenvalue weighted by molar-refractivity contribution is 5.81. The van der Waals surface area contributed by atoms with Crippen LogP contribution in [0.3, 0.4) is 0 Å². The predicted octanol–water partition coefficient (Wildman–Crippen LogP) is 2.18. The number of likely N-dealkylation sites (tertiary alicyclic amines) is 1. The third-order valence-electron chi connectivity index (χ3n) is 6.38. The van der Waals surface area contributed by atoms with Crippen molar-refractivity contribution < 1.29 is 14.3 Å². The molecule has 0 radical (unpaired) electrons. The molecule has 2 aliphatic carbocycles. The van der Waals surface area contributed by atoms with E-state index in [0.717, 1.165) is 51.5 Å². The molecule has 6 nitrogen and oxygen atoms in total. The number of piperidine rings is 1. The van der Waals surface area contributed by atoms with Gasteiger partial charge < -0.3 is 19.7 Å². The minimum Gasteiger partial charge on any atom is -0.469 e. The lowest BCUT2D eigenvalue weighted by Gasteiger charge is -2.61. The zero-order chi connectivity index (χ0) is 17.9. The number of carbonyl (C=O) groups is 1. The highest BCUT2D eigenvalue weighted by atomic mass is 16.5. The van der Waals surface area contributed by atoms with E-state index in [1.807, 2.05) is 0 Å². The smallest absolute Gasteiger partial charge is 0.308 e. The number of ether oxygens (including phenoxy) is 2. The molecule has 2 atom stereocenters. The summed E-state index contributed by atoms with van der Waals surface area (Å²) in [5, 5.41) is 3.74. The van der Waals surface area contributed by atoms with Crippen molar-refractivity contribution in [2.75, 3.05) is 33.4 Å². The lowest BCUT2D eigenvalue weighted by molar-refractivity contribution is -0.169. The maximum Gasteiger partial charge on any atom is 0.308 e. The molecule has 2 saturated carbocycles. The number of aliphatic imine (C=N–C) groups is 1. The lowest BCUT2D eigenvalue weighted by atomic mass is 9.51. The summed E-state index contributed by atoms with van der Waals surface area (Å²) in [6, 6.07) is 0.474. The highest BCUT2D eigenvalue weighted by Gasteiger charge is 2.59. The van der Waals surface area contributed by atoms with Gasteiger partial charge in [-0.2, -0.15) is 0 Å². The number of nitrogens with zero attached hydrogens (tertiary/aromatic N) is 2. The van der Waals surface area contributed by atoms with Crippen LogP contribution < -0.4 is 5.32 Å². The minimum atomic E-state index is -0.0754. The molecule has 3 fully saturated rings. The molecular formula is C19H33N3O3. The van der Waals surface area contributed by atoms with Crippen molar-refractivity contribution in [1.29, 1.82) is 0 Å². The van der Waals surface area contributed by atoms with Gasteiger partial charge in [0.1, 0.15) is 0 Å². The molecule has 0 aromatic heterocycles. The summed E-state index contributed by atoms with van der Waals surface area (Å²) in [7, 11) is 1.48. The lowest BCUT2D eigenvalue weighted by Crippen LogP contribution is -2.69. The number of methoxy groups -OCH3 is 1. The molecule has 25 heavy (non-hydrogen) atoms. The van der Waals surface area contributed by atoms with Crippen LogP contribution in [0.4, 0.5) is 0 Å². The largest absolute Gasteiger partial charge is 0.469 e. The van der Waals surface area contributed by atoms with Crippen molar-refractivity contribution >= 4 is 11.9 Å². The van der Waals surface area contributed by atoms with Crippen LogP contribution >= 0.6 is 0 Å². The minimum absolute atomic E-state index is 0.0353. The fourth-order valence-electron chi connectivity index (χ4n) is 4.68. The van der Waals surface area contributed by atoms with E-state index in [9.17, 15) is 4.79 Å². The van der Waals surface area contributed by atoms with E-state index < -0.39 is 0 Å². The molecule has 0 bridgehead atoms. The first-order valence-electron chi connectivity index (χ1n) is 9.90. The Morgan fingerprint density at radius 1 is 1.28 bits per heavy atom. The Balaban J connectivity index is 1.58. The van der Waals surface area contributed by atoms with Gasteiger partial charge in [-0.05, 0) is 46.0 Å². The van der Waals surface area contributed by atoms with Crippen molar-refractivity contribution in [2.24, 2.45) is 16.3 Å². The Morgan fingerprint density at radius 2 is 2.00 bits per heavy atom. The monoisotopic (exact) mass is 351 g/mol. The van der Waals surface area contributed by atoms with E-state index in [1.54, 1.807) is 0 Å². The summed E-state index contributed by atoms with van der Waals surface area (Å²) in [5.41, 5.74) is 0.328. The fraction of sp³-hybridized carbons (Fsp3) is 0.895. The van der Waals surface area contributed by atoms with Crippen LogP contribution in [0.1, 0.15) is 52.4 Å². The predicted molar refractivity (Wildman–Crippen MR) is 97.5 cm³/mol. The molecule has 3 rings (SSSR count). The second-order valence-electron chi connectivity index (χ2n) is 7.55. The summed E-state index contributed by atoms with van der Waals surface area (Å²) in [6.45, 7) is 7.46. The molecule has 1 N–H and O–H groups in total. The highest BCUT2D eigenvalue weighted by Crippen LogP contribution is 2.57. The molecule has 0 aromatic rings. The van der Waals surface area contributed by atoms with Crippen LogP contribution in [0.2, 0.25) is 0 Å². The third-order valence-corrected chi connectivity index (χ3v) is 6.38. The van der Waals surface area contributed by atoms with Crippen LogP contribution in [0, 0.1) is 11.3 Å². The number of nitrogens with one attached hydrogen (secondary N) is 1. The number of rotatable bonds is 5. The molecule has 1 heterocycles. The first-order chi connectivity index (χ1) is 12.1. The maximum atomic E-state index is 11.7. The second kappa shape index (κ2) is 7.94. The molecule has 142 valence electrons. The van der Waals surface area contributed by atoms with E-state index in [-0.39, 0.29) is 11.9 Å². The molecule has 3 aliphatic rings. The van der Waals surface area contributed by atoms with Gasteiger partial charge in [0, 0.05) is 37.7 Å². The van der Waals surface area contributed by atoms with Crippen LogP contribution in [-0.2, 0) is 14.3 Å². The third kappa shape index (κ3) is 3.50. The number of hydrogen-bond acceptors (Lipinski definition) is 4. The van der Waals surface area contributed by atoms with Crippen molar-refractivity contribution in [1.82, 2.24) is 10.2 Å². The van der Waals surface area contributed by atoms with Crippen molar-refractivity contribution in [3.63, 3.8) is 0 Å². The van der Waals surface area contributed by atoms with Gasteiger partial charge in [0.25, 0.3) is 0 Å². The molecule has 6 heteroatoms. The summed E-state index contributed by atoms with van der Waals surface area (Å²) < 4.78 is 10.9. The Hall–Kier alpha value is -1.30. The average Bonchev–Trinajstić information content (AvgIpc) is 2.58. The van der Waals surface area contributed by atoms with Crippen LogP contribution in [-0.4, -0.2) is 62.3 Å². The Bertz CT molecular complexity index is 496. The van der Waals surface area contributed by atoms with Gasteiger partial charge in [0.15, 0.2) is 5.96 Å². The van der Waals surface area contributed by atoms with Crippen molar-refractivity contribution in [3.8, 4) is 0 Å². The van der Waals surface area contributed by atoms with Gasteiger partial charge in [0.05, 0.1) is 19.1 Å². The van der Waals surface area contributed by atoms with Crippen LogP contribution in [0.15, 0.2) is 4.99 Å². The summed E-state index contributed by atoms with van der Waals surface area (Å²) in [4.78, 5) is 18.8. The first-order valence-corrected chi connectivity index (χ1v) is 9.90. The number of carbonyl (C=O) groups excluding carboxylic acids is 1. The number of guanidine groups is 1. The summed E-state index contributed by atoms with van der Waals surface area (Å²) >= 11 is 0. The second-order valence-corrected chi connectivity index (χ2v) is 7.55. The quantitative estimate of drug-likeness (QED) is 0.467. The first kappa shape index (κ1) is 18.5. The Morgan fingerprint density at radius 3 is 2.52 bits per heavy atom. The number of esters is 1. The van der Waals surface area contributed by atoms with Gasteiger partial charge in [-0.15, -0.1) is 0 Å². The Labute approximate surface area is 151 Å². The molecule has 1 spiro atoms. The van der Waals surface area contributed by atoms with Gasteiger partial charge in [-0.1, -0.05) is 6.42 Å². The summed E-state index contributed by atoms with van der Waals surface area (Å²) in [6.07, 6.45) is 7.01. The zero-order valence-corrected chi connectivity index (χ0v) is 15.9. The maximum absolute atomic E-state index is 11.7. The summed E-state index contributed by atoms with van der Waals surface area (Å²) in [5.74, 6) is 0.971. The van der Waals surface area contributed by atoms with E-state index in [1.165, 1.54) is 26.4 Å². The van der Waals surface area contributed by atoms with Crippen molar-refractivity contribution in [3.05, 3.63) is 0 Å². The number of hydrogen-bond donors (Lipinski definition) is 1. The average molecular weight is 351 g/mol. The van der Waals surface area contributed by atoms with Gasteiger partial charge >= 0.3 is 5.97 Å². The fourth-order valence-corrected chi connectivity index (χ4v) is 4.68. The molecule has 1 aliphatic heterocycles. The molecule has 0 amide bonds.